The Balaban J connectivity index is 1.20. The summed E-state index contributed by atoms with van der Waals surface area (Å²) in [5.74, 6) is 0. The molecule has 0 saturated carbocycles. The third-order valence-electron chi connectivity index (χ3n) is 12.0. The molecule has 11 aromatic rings. The summed E-state index contributed by atoms with van der Waals surface area (Å²) in [6.45, 7) is 0. The summed E-state index contributed by atoms with van der Waals surface area (Å²) < 4.78 is 2.45. The van der Waals surface area contributed by atoms with E-state index in [9.17, 15) is 0 Å². The highest BCUT2D eigenvalue weighted by Gasteiger charge is 2.23. The van der Waals surface area contributed by atoms with Crippen molar-refractivity contribution in [1.29, 1.82) is 0 Å². The number of para-hydroxylation sites is 3. The summed E-state index contributed by atoms with van der Waals surface area (Å²) >= 11 is 0. The Hall–Kier alpha value is -8.20. The van der Waals surface area contributed by atoms with E-state index in [2.05, 4.69) is 264 Å². The summed E-state index contributed by atoms with van der Waals surface area (Å²) in [7, 11) is 0. The normalized spacial score (nSPS) is 11.2. The van der Waals surface area contributed by atoms with Gasteiger partial charge < -0.3 is 9.47 Å². The van der Waals surface area contributed by atoms with Gasteiger partial charge in [-0.05, 0) is 99.1 Å². The molecule has 0 atom stereocenters. The lowest BCUT2D eigenvalue weighted by molar-refractivity contribution is 1.18. The molecule has 1 aromatic heterocycles. The van der Waals surface area contributed by atoms with E-state index in [1.165, 1.54) is 60.8 Å². The van der Waals surface area contributed by atoms with Crippen molar-refractivity contribution in [2.45, 2.75) is 0 Å². The summed E-state index contributed by atoms with van der Waals surface area (Å²) in [4.78, 5) is 2.45. The molecule has 0 radical (unpaired) electrons. The SMILES string of the molecule is c1ccc(-c2ccc3c4c(-c5cccc(N(c6ccccc6-c6ccccc6)c6ccccc6-c6ccccc6)c5)cc(-c5ccccc5)cc4n(-c4ccccc4)c3c2)cc1. The molecule has 0 saturated heterocycles. The Morgan fingerprint density at radius 3 is 1.32 bits per heavy atom. The van der Waals surface area contributed by atoms with Crippen LogP contribution in [-0.2, 0) is 0 Å². The summed E-state index contributed by atoms with van der Waals surface area (Å²) in [5.41, 5.74) is 18.5. The molecule has 2 heteroatoms. The number of hydrogen-bond donors (Lipinski definition) is 0. The fraction of sp³-hybridized carbons (Fsp3) is 0. The van der Waals surface area contributed by atoms with Crippen LogP contribution in [0.25, 0.3) is 83.1 Å². The van der Waals surface area contributed by atoms with Crippen LogP contribution in [0, 0.1) is 0 Å². The lowest BCUT2D eigenvalue weighted by Crippen LogP contribution is -2.12. The van der Waals surface area contributed by atoms with Gasteiger partial charge in [0.05, 0.1) is 22.4 Å². The third kappa shape index (κ3) is 6.74. The first-order valence-corrected chi connectivity index (χ1v) is 21.3. The van der Waals surface area contributed by atoms with Gasteiger partial charge in [0.25, 0.3) is 0 Å². The van der Waals surface area contributed by atoms with E-state index in [1.54, 1.807) is 0 Å². The highest BCUT2D eigenvalue weighted by Crippen LogP contribution is 2.47. The lowest BCUT2D eigenvalue weighted by atomic mass is 9.93. The maximum Gasteiger partial charge on any atom is 0.0553 e. The van der Waals surface area contributed by atoms with Crippen molar-refractivity contribution in [2.24, 2.45) is 0 Å². The first-order chi connectivity index (χ1) is 30.8. The number of nitrogens with zero attached hydrogens (tertiary/aromatic N) is 2. The number of aromatic nitrogens is 1. The highest BCUT2D eigenvalue weighted by atomic mass is 15.1. The van der Waals surface area contributed by atoms with Crippen LogP contribution in [0.3, 0.4) is 0 Å². The van der Waals surface area contributed by atoms with Gasteiger partial charge in [-0.15, -0.1) is 0 Å². The van der Waals surface area contributed by atoms with Crippen LogP contribution in [0.4, 0.5) is 17.1 Å². The maximum absolute atomic E-state index is 2.45. The van der Waals surface area contributed by atoms with Crippen LogP contribution in [0.15, 0.2) is 255 Å². The van der Waals surface area contributed by atoms with Gasteiger partial charge in [-0.3, -0.25) is 0 Å². The van der Waals surface area contributed by atoms with Crippen molar-refractivity contribution in [1.82, 2.24) is 4.57 Å². The monoisotopic (exact) mass is 790 g/mol. The van der Waals surface area contributed by atoms with Gasteiger partial charge in [-0.1, -0.05) is 200 Å². The second-order valence-electron chi connectivity index (χ2n) is 15.7. The fourth-order valence-corrected chi connectivity index (χ4v) is 9.12. The van der Waals surface area contributed by atoms with Gasteiger partial charge in [0.15, 0.2) is 0 Å². The Morgan fingerprint density at radius 2 is 0.742 bits per heavy atom. The van der Waals surface area contributed by atoms with Gasteiger partial charge in [0, 0.05) is 33.3 Å². The van der Waals surface area contributed by atoms with Crippen LogP contribution in [0.2, 0.25) is 0 Å². The minimum Gasteiger partial charge on any atom is -0.309 e. The first-order valence-electron chi connectivity index (χ1n) is 21.3. The Kier molecular flexibility index (Phi) is 9.57. The summed E-state index contributed by atoms with van der Waals surface area (Å²) in [6.07, 6.45) is 0. The molecular formula is C60H42N2. The smallest absolute Gasteiger partial charge is 0.0553 e. The molecule has 11 rings (SSSR count). The predicted octanol–water partition coefficient (Wildman–Crippen LogP) is 16.6. The Morgan fingerprint density at radius 1 is 0.274 bits per heavy atom. The molecule has 10 aromatic carbocycles. The number of rotatable bonds is 9. The van der Waals surface area contributed by atoms with E-state index in [4.69, 9.17) is 0 Å². The molecule has 0 aliphatic rings. The average Bonchev–Trinajstić information content (AvgIpc) is 3.69. The largest absolute Gasteiger partial charge is 0.309 e. The molecular weight excluding hydrogens is 749 g/mol. The molecule has 0 spiro atoms. The molecule has 2 nitrogen and oxygen atoms in total. The minimum absolute atomic E-state index is 1.07. The van der Waals surface area contributed by atoms with Gasteiger partial charge in [0.2, 0.25) is 0 Å². The minimum atomic E-state index is 1.07. The third-order valence-corrected chi connectivity index (χ3v) is 12.0. The lowest BCUT2D eigenvalue weighted by Gasteiger charge is -2.30. The van der Waals surface area contributed by atoms with E-state index in [0.29, 0.717) is 0 Å². The van der Waals surface area contributed by atoms with Gasteiger partial charge >= 0.3 is 0 Å². The van der Waals surface area contributed by atoms with Crippen LogP contribution in [0.5, 0.6) is 0 Å². The molecule has 292 valence electrons. The molecule has 0 aliphatic carbocycles. The summed E-state index contributed by atoms with van der Waals surface area (Å²) in [5, 5.41) is 2.44. The van der Waals surface area contributed by atoms with Gasteiger partial charge in [0.1, 0.15) is 0 Å². The topological polar surface area (TPSA) is 8.17 Å². The Bertz CT molecular complexity index is 3230. The van der Waals surface area contributed by atoms with Crippen molar-refractivity contribution in [3.8, 4) is 61.3 Å². The number of hydrogen-bond acceptors (Lipinski definition) is 1. The molecule has 0 fully saturated rings. The average molecular weight is 791 g/mol. The van der Waals surface area contributed by atoms with Gasteiger partial charge in [-0.2, -0.15) is 0 Å². The van der Waals surface area contributed by atoms with Crippen molar-refractivity contribution >= 4 is 38.9 Å². The number of fused-ring (bicyclic) bond motifs is 3. The maximum atomic E-state index is 2.45. The van der Waals surface area contributed by atoms with Crippen molar-refractivity contribution < 1.29 is 0 Å². The Labute approximate surface area is 362 Å². The van der Waals surface area contributed by atoms with Crippen molar-refractivity contribution in [3.63, 3.8) is 0 Å². The first kappa shape index (κ1) is 36.8. The van der Waals surface area contributed by atoms with E-state index in [-0.39, 0.29) is 0 Å². The van der Waals surface area contributed by atoms with E-state index >= 15 is 0 Å². The molecule has 0 N–H and O–H groups in total. The van der Waals surface area contributed by atoms with Crippen LogP contribution >= 0.6 is 0 Å². The second-order valence-corrected chi connectivity index (χ2v) is 15.7. The number of anilines is 3. The zero-order valence-corrected chi connectivity index (χ0v) is 34.1. The molecule has 0 bridgehead atoms. The van der Waals surface area contributed by atoms with E-state index < -0.39 is 0 Å². The molecule has 0 unspecified atom stereocenters. The van der Waals surface area contributed by atoms with Crippen LogP contribution in [-0.4, -0.2) is 4.57 Å². The molecule has 0 aliphatic heterocycles. The van der Waals surface area contributed by atoms with Crippen molar-refractivity contribution in [3.05, 3.63) is 255 Å². The number of benzene rings is 10. The highest BCUT2D eigenvalue weighted by molar-refractivity contribution is 6.17. The van der Waals surface area contributed by atoms with Gasteiger partial charge in [-0.25, -0.2) is 0 Å². The summed E-state index contributed by atoms with van der Waals surface area (Å²) in [6, 6.07) is 92.2. The van der Waals surface area contributed by atoms with Crippen LogP contribution in [0.1, 0.15) is 0 Å². The predicted molar refractivity (Wildman–Crippen MR) is 263 cm³/mol. The van der Waals surface area contributed by atoms with Crippen LogP contribution < -0.4 is 4.90 Å². The zero-order valence-electron chi connectivity index (χ0n) is 34.1. The quantitative estimate of drug-likeness (QED) is 0.141. The van der Waals surface area contributed by atoms with Crippen molar-refractivity contribution in [2.75, 3.05) is 4.90 Å². The fourth-order valence-electron chi connectivity index (χ4n) is 9.12. The standard InChI is InChI=1S/C60H42N2/c1-6-21-43(22-7-1)47-37-38-54-58(41-47)61(50-30-14-5-15-31-50)59-42-49(44-23-8-2-9-24-44)40-55(60(54)59)48-29-20-32-51(39-48)62(56-35-18-16-33-52(56)45-25-10-3-11-26-45)57-36-19-17-34-53(57)46-27-12-4-13-28-46/h1-42H. The molecule has 1 heterocycles. The molecule has 62 heavy (non-hydrogen) atoms. The van der Waals surface area contributed by atoms with E-state index in [0.717, 1.165) is 39.4 Å². The van der Waals surface area contributed by atoms with E-state index in [1.807, 2.05) is 0 Å². The zero-order chi connectivity index (χ0) is 41.2. The molecule has 0 amide bonds. The second kappa shape index (κ2) is 16.1.